The summed E-state index contributed by atoms with van der Waals surface area (Å²) in [7, 11) is 0. The maximum Gasteiger partial charge on any atom is 0.136 e. The number of Topliss-reactive ketones (excluding diaryl/α,β-unsaturated/α-hetero) is 1. The third kappa shape index (κ3) is 4.51. The normalized spacial score (nSPS) is 19.0. The molecule has 0 N–H and O–H groups in total. The van der Waals surface area contributed by atoms with Crippen LogP contribution in [0.4, 0.5) is 0 Å². The van der Waals surface area contributed by atoms with Gasteiger partial charge in [0, 0.05) is 12.3 Å². The molecule has 0 aromatic heterocycles. The van der Waals surface area contributed by atoms with Gasteiger partial charge in [-0.25, -0.2) is 0 Å². The predicted octanol–water partition coefficient (Wildman–Crippen LogP) is 4.37. The molecule has 1 saturated carbocycles. The topological polar surface area (TPSA) is 17.1 Å². The fourth-order valence-electron chi connectivity index (χ4n) is 2.36. The number of carbonyl (C=O) groups is 1. The average molecular weight is 222 g/mol. The van der Waals surface area contributed by atoms with Crippen LogP contribution in [0.15, 0.2) is 12.2 Å². The lowest BCUT2D eigenvalue weighted by atomic mass is 9.76. The first-order chi connectivity index (χ1) is 7.63. The van der Waals surface area contributed by atoms with E-state index in [0.717, 1.165) is 25.2 Å². The molecule has 0 spiro atoms. The number of hydrogen-bond donors (Lipinski definition) is 0. The Balaban J connectivity index is 2.43. The number of ketones is 1. The zero-order valence-electron chi connectivity index (χ0n) is 11.0. The summed E-state index contributed by atoms with van der Waals surface area (Å²) < 4.78 is 0. The van der Waals surface area contributed by atoms with Crippen molar-refractivity contribution in [2.24, 2.45) is 17.8 Å². The van der Waals surface area contributed by atoms with Gasteiger partial charge in [-0.1, -0.05) is 45.3 Å². The van der Waals surface area contributed by atoms with Crippen LogP contribution in [0.25, 0.3) is 0 Å². The van der Waals surface area contributed by atoms with Crippen molar-refractivity contribution in [1.82, 2.24) is 0 Å². The number of allylic oxidation sites excluding steroid dienone is 2. The van der Waals surface area contributed by atoms with Gasteiger partial charge in [0.05, 0.1) is 0 Å². The van der Waals surface area contributed by atoms with Crippen molar-refractivity contribution in [1.29, 1.82) is 0 Å². The van der Waals surface area contributed by atoms with E-state index in [9.17, 15) is 4.79 Å². The first kappa shape index (κ1) is 13.5. The SMILES string of the molecule is C/C=C/CC(CC1CCC1)C(=O)CC(C)C. The largest absolute Gasteiger partial charge is 0.299 e. The van der Waals surface area contributed by atoms with Crippen molar-refractivity contribution in [2.45, 2.75) is 59.3 Å². The highest BCUT2D eigenvalue weighted by Crippen LogP contribution is 2.34. The lowest BCUT2D eigenvalue weighted by Gasteiger charge is -2.29. The number of rotatable bonds is 7. The highest BCUT2D eigenvalue weighted by Gasteiger charge is 2.25. The molecule has 0 amide bonds. The van der Waals surface area contributed by atoms with Crippen molar-refractivity contribution >= 4 is 5.78 Å². The van der Waals surface area contributed by atoms with Crippen molar-refractivity contribution in [3.8, 4) is 0 Å². The van der Waals surface area contributed by atoms with E-state index < -0.39 is 0 Å². The minimum absolute atomic E-state index is 0.295. The Kier molecular flexibility index (Phi) is 5.79. The molecular weight excluding hydrogens is 196 g/mol. The van der Waals surface area contributed by atoms with Crippen LogP contribution in [0.5, 0.6) is 0 Å². The third-order valence-electron chi connectivity index (χ3n) is 3.56. The van der Waals surface area contributed by atoms with Crippen molar-refractivity contribution in [3.05, 3.63) is 12.2 Å². The van der Waals surface area contributed by atoms with Crippen LogP contribution in [0, 0.1) is 17.8 Å². The van der Waals surface area contributed by atoms with Gasteiger partial charge in [-0.15, -0.1) is 0 Å². The van der Waals surface area contributed by atoms with E-state index >= 15 is 0 Å². The summed E-state index contributed by atoms with van der Waals surface area (Å²) in [5, 5.41) is 0. The Bertz CT molecular complexity index is 236. The summed E-state index contributed by atoms with van der Waals surface area (Å²) in [5.74, 6) is 2.12. The second-order valence-corrected chi connectivity index (χ2v) is 5.60. The zero-order valence-corrected chi connectivity index (χ0v) is 11.0. The summed E-state index contributed by atoms with van der Waals surface area (Å²) >= 11 is 0. The predicted molar refractivity (Wildman–Crippen MR) is 69.3 cm³/mol. The molecule has 1 atom stereocenters. The molecule has 92 valence electrons. The molecule has 1 aliphatic carbocycles. The molecule has 0 aromatic rings. The molecule has 1 unspecified atom stereocenters. The van der Waals surface area contributed by atoms with E-state index in [0.29, 0.717) is 17.6 Å². The van der Waals surface area contributed by atoms with Crippen LogP contribution in [-0.2, 0) is 4.79 Å². The van der Waals surface area contributed by atoms with Gasteiger partial charge in [0.15, 0.2) is 0 Å². The summed E-state index contributed by atoms with van der Waals surface area (Å²) in [4.78, 5) is 12.1. The molecular formula is C15H26O. The van der Waals surface area contributed by atoms with Gasteiger partial charge in [0.1, 0.15) is 5.78 Å². The van der Waals surface area contributed by atoms with Crippen molar-refractivity contribution < 1.29 is 4.79 Å². The van der Waals surface area contributed by atoms with Crippen LogP contribution in [0.1, 0.15) is 59.3 Å². The molecule has 0 bridgehead atoms. The van der Waals surface area contributed by atoms with E-state index in [4.69, 9.17) is 0 Å². The quantitative estimate of drug-likeness (QED) is 0.584. The second kappa shape index (κ2) is 6.88. The Morgan fingerprint density at radius 3 is 2.50 bits per heavy atom. The molecule has 1 nitrogen and oxygen atoms in total. The smallest absolute Gasteiger partial charge is 0.136 e. The summed E-state index contributed by atoms with van der Waals surface area (Å²) in [5.41, 5.74) is 0. The Labute approximate surface area is 100 Å². The van der Waals surface area contributed by atoms with E-state index in [1.807, 2.05) is 6.92 Å². The molecule has 1 aliphatic rings. The standard InChI is InChI=1S/C15H26O/c1-4-5-9-14(11-13-7-6-8-13)15(16)10-12(2)3/h4-5,12-14H,6-11H2,1-3H3/b5-4+. The van der Waals surface area contributed by atoms with E-state index in [1.54, 1.807) is 0 Å². The minimum atomic E-state index is 0.295. The molecule has 0 aliphatic heterocycles. The highest BCUT2D eigenvalue weighted by atomic mass is 16.1. The highest BCUT2D eigenvalue weighted by molar-refractivity contribution is 5.81. The molecule has 16 heavy (non-hydrogen) atoms. The minimum Gasteiger partial charge on any atom is -0.299 e. The van der Waals surface area contributed by atoms with Crippen molar-refractivity contribution in [2.75, 3.05) is 0 Å². The van der Waals surface area contributed by atoms with Gasteiger partial charge >= 0.3 is 0 Å². The molecule has 0 saturated heterocycles. The fourth-order valence-corrected chi connectivity index (χ4v) is 2.36. The number of carbonyl (C=O) groups excluding carboxylic acids is 1. The van der Waals surface area contributed by atoms with Gasteiger partial charge in [-0.05, 0) is 31.6 Å². The van der Waals surface area contributed by atoms with Crippen LogP contribution in [0.2, 0.25) is 0 Å². The van der Waals surface area contributed by atoms with E-state index in [-0.39, 0.29) is 0 Å². The zero-order chi connectivity index (χ0) is 12.0. The van der Waals surface area contributed by atoms with Gasteiger partial charge in [-0.3, -0.25) is 4.79 Å². The second-order valence-electron chi connectivity index (χ2n) is 5.60. The lowest BCUT2D eigenvalue weighted by molar-refractivity contribution is -0.124. The van der Waals surface area contributed by atoms with Gasteiger partial charge in [0.25, 0.3) is 0 Å². The summed E-state index contributed by atoms with van der Waals surface area (Å²) in [6.45, 7) is 6.30. The number of hydrogen-bond acceptors (Lipinski definition) is 1. The molecule has 1 rings (SSSR count). The Hall–Kier alpha value is -0.590. The third-order valence-corrected chi connectivity index (χ3v) is 3.56. The van der Waals surface area contributed by atoms with E-state index in [2.05, 4.69) is 26.0 Å². The fraction of sp³-hybridized carbons (Fsp3) is 0.800. The van der Waals surface area contributed by atoms with Crippen LogP contribution >= 0.6 is 0 Å². The molecule has 1 fully saturated rings. The van der Waals surface area contributed by atoms with Gasteiger partial charge < -0.3 is 0 Å². The molecule has 0 radical (unpaired) electrons. The maximum atomic E-state index is 12.1. The van der Waals surface area contributed by atoms with Crippen LogP contribution < -0.4 is 0 Å². The Morgan fingerprint density at radius 2 is 2.06 bits per heavy atom. The summed E-state index contributed by atoms with van der Waals surface area (Å²) in [6, 6.07) is 0. The van der Waals surface area contributed by atoms with E-state index in [1.165, 1.54) is 19.3 Å². The molecule has 1 heteroatoms. The van der Waals surface area contributed by atoms with Crippen LogP contribution in [-0.4, -0.2) is 5.78 Å². The lowest BCUT2D eigenvalue weighted by Crippen LogP contribution is -2.22. The Morgan fingerprint density at radius 1 is 1.38 bits per heavy atom. The summed E-state index contributed by atoms with van der Waals surface area (Å²) in [6.07, 6.45) is 11.1. The van der Waals surface area contributed by atoms with Gasteiger partial charge in [0.2, 0.25) is 0 Å². The maximum absolute atomic E-state index is 12.1. The van der Waals surface area contributed by atoms with Gasteiger partial charge in [-0.2, -0.15) is 0 Å². The molecule has 0 aromatic carbocycles. The monoisotopic (exact) mass is 222 g/mol. The van der Waals surface area contributed by atoms with Crippen molar-refractivity contribution in [3.63, 3.8) is 0 Å². The average Bonchev–Trinajstić information content (AvgIpc) is 2.14. The molecule has 0 heterocycles. The first-order valence-electron chi connectivity index (χ1n) is 6.77. The first-order valence-corrected chi connectivity index (χ1v) is 6.77. The van der Waals surface area contributed by atoms with Crippen LogP contribution in [0.3, 0.4) is 0 Å².